The molecule has 0 fully saturated rings. The van der Waals surface area contributed by atoms with Crippen LogP contribution in [0.2, 0.25) is 0 Å². The molecule has 0 atom stereocenters. The molecule has 0 radical (unpaired) electrons. The fourth-order valence-electron chi connectivity index (χ4n) is 1.49. The average molecular weight is 264 g/mol. The molecule has 0 bridgehead atoms. The maximum atomic E-state index is 11.1. The van der Waals surface area contributed by atoms with Crippen molar-refractivity contribution in [1.82, 2.24) is 0 Å². The van der Waals surface area contributed by atoms with E-state index in [0.717, 1.165) is 22.9 Å². The lowest BCUT2D eigenvalue weighted by Gasteiger charge is -2.26. The van der Waals surface area contributed by atoms with Gasteiger partial charge >= 0.3 is 0 Å². The minimum Gasteiger partial charge on any atom is -0.373 e. The van der Waals surface area contributed by atoms with Crippen molar-refractivity contribution in [3.05, 3.63) is 18.2 Å². The van der Waals surface area contributed by atoms with E-state index in [4.69, 9.17) is 10.7 Å². The molecule has 82 valence electrons. The summed E-state index contributed by atoms with van der Waals surface area (Å²) in [6.45, 7) is 0.977. The van der Waals surface area contributed by atoms with Gasteiger partial charge in [0.05, 0.1) is 10.6 Å². The zero-order valence-electron chi connectivity index (χ0n) is 8.10. The highest BCUT2D eigenvalue weighted by Crippen LogP contribution is 2.35. The van der Waals surface area contributed by atoms with Crippen LogP contribution in [0, 0.1) is 0 Å². The van der Waals surface area contributed by atoms with Gasteiger partial charge in [0.15, 0.2) is 0 Å². The van der Waals surface area contributed by atoms with Crippen molar-refractivity contribution < 1.29 is 8.42 Å². The Morgan fingerprint density at radius 3 is 2.87 bits per heavy atom. The van der Waals surface area contributed by atoms with Crippen LogP contribution < -0.4 is 4.90 Å². The molecule has 0 aromatic heterocycles. The Hall–Kier alpha value is -0.390. The predicted octanol–water partition coefficient (Wildman–Crippen LogP) is 2.16. The number of halogens is 1. The molecule has 6 heteroatoms. The Morgan fingerprint density at radius 1 is 1.47 bits per heavy atom. The van der Waals surface area contributed by atoms with Crippen molar-refractivity contribution in [1.29, 1.82) is 0 Å². The number of benzene rings is 1. The molecule has 1 aromatic rings. The second-order valence-electron chi connectivity index (χ2n) is 3.34. The van der Waals surface area contributed by atoms with E-state index in [1.54, 1.807) is 30.0 Å². The van der Waals surface area contributed by atoms with E-state index >= 15 is 0 Å². The summed E-state index contributed by atoms with van der Waals surface area (Å²) in [5, 5.41) is 0. The van der Waals surface area contributed by atoms with Gasteiger partial charge in [0.25, 0.3) is 9.05 Å². The minimum absolute atomic E-state index is 0.172. The predicted molar refractivity (Wildman–Crippen MR) is 63.5 cm³/mol. The highest BCUT2D eigenvalue weighted by atomic mass is 35.7. The van der Waals surface area contributed by atoms with Crippen molar-refractivity contribution in [2.75, 3.05) is 24.2 Å². The molecule has 1 aromatic carbocycles. The first-order chi connectivity index (χ1) is 6.98. The molecule has 0 amide bonds. The summed E-state index contributed by atoms with van der Waals surface area (Å²) >= 11 is 1.66. The molecule has 1 aliphatic heterocycles. The van der Waals surface area contributed by atoms with Crippen LogP contribution >= 0.6 is 22.4 Å². The smallest absolute Gasteiger partial charge is 0.261 e. The second kappa shape index (κ2) is 3.88. The number of hydrogen-bond donors (Lipinski definition) is 0. The Balaban J connectivity index is 2.51. The summed E-state index contributed by atoms with van der Waals surface area (Å²) in [4.78, 5) is 3.26. The molecular formula is C9H10ClNO2S2. The maximum absolute atomic E-state index is 11.1. The summed E-state index contributed by atoms with van der Waals surface area (Å²) in [6.07, 6.45) is 0. The van der Waals surface area contributed by atoms with Gasteiger partial charge in [-0.1, -0.05) is 0 Å². The van der Waals surface area contributed by atoms with Gasteiger partial charge in [-0.2, -0.15) is 0 Å². The number of hydrogen-bond acceptors (Lipinski definition) is 4. The number of nitrogens with zero attached hydrogens (tertiary/aromatic N) is 1. The minimum atomic E-state index is -3.61. The third-order valence-corrected chi connectivity index (χ3v) is 4.68. The summed E-state index contributed by atoms with van der Waals surface area (Å²) in [5.74, 6) is 0.968. The van der Waals surface area contributed by atoms with Gasteiger partial charge in [-0.05, 0) is 18.2 Å². The Labute approximate surface area is 97.8 Å². The lowest BCUT2D eigenvalue weighted by Crippen LogP contribution is -2.24. The summed E-state index contributed by atoms with van der Waals surface area (Å²) in [6, 6.07) is 4.98. The van der Waals surface area contributed by atoms with E-state index in [2.05, 4.69) is 4.90 Å². The first-order valence-corrected chi connectivity index (χ1v) is 7.70. The lowest BCUT2D eigenvalue weighted by atomic mass is 10.3. The van der Waals surface area contributed by atoms with E-state index in [9.17, 15) is 8.42 Å². The van der Waals surface area contributed by atoms with Gasteiger partial charge in [-0.15, -0.1) is 11.8 Å². The molecule has 3 nitrogen and oxygen atoms in total. The second-order valence-corrected chi connectivity index (χ2v) is 7.04. The number of rotatable bonds is 1. The van der Waals surface area contributed by atoms with Gasteiger partial charge in [0, 0.05) is 34.9 Å². The van der Waals surface area contributed by atoms with Gasteiger partial charge in [-0.3, -0.25) is 0 Å². The molecule has 0 spiro atoms. The third-order valence-electron chi connectivity index (χ3n) is 2.31. The molecule has 1 heterocycles. The van der Waals surface area contributed by atoms with Gasteiger partial charge in [-0.25, -0.2) is 8.42 Å². The SMILES string of the molecule is CN1CCSc2cc(S(=O)(=O)Cl)ccc21. The summed E-state index contributed by atoms with van der Waals surface area (Å²) in [7, 11) is 3.67. The highest BCUT2D eigenvalue weighted by Gasteiger charge is 2.18. The molecule has 15 heavy (non-hydrogen) atoms. The molecule has 2 rings (SSSR count). The monoisotopic (exact) mass is 263 g/mol. The number of fused-ring (bicyclic) bond motifs is 1. The Kier molecular flexibility index (Phi) is 2.87. The molecule has 0 unspecified atom stereocenters. The van der Waals surface area contributed by atoms with E-state index < -0.39 is 9.05 Å². The molecule has 0 N–H and O–H groups in total. The molecule has 1 aliphatic rings. The van der Waals surface area contributed by atoms with Crippen LogP contribution in [0.4, 0.5) is 5.69 Å². The Bertz CT molecular complexity index is 487. The first kappa shape index (κ1) is 11.1. The van der Waals surface area contributed by atoms with Crippen LogP contribution in [0.25, 0.3) is 0 Å². The quantitative estimate of drug-likeness (QED) is 0.728. The largest absolute Gasteiger partial charge is 0.373 e. The number of anilines is 1. The maximum Gasteiger partial charge on any atom is 0.261 e. The van der Waals surface area contributed by atoms with E-state index in [0.29, 0.717) is 0 Å². The average Bonchev–Trinajstić information content (AvgIpc) is 2.16. The van der Waals surface area contributed by atoms with E-state index in [-0.39, 0.29) is 4.90 Å². The van der Waals surface area contributed by atoms with Crippen LogP contribution in [-0.2, 0) is 9.05 Å². The van der Waals surface area contributed by atoms with Crippen molar-refractivity contribution in [3.8, 4) is 0 Å². The van der Waals surface area contributed by atoms with E-state index in [1.807, 2.05) is 7.05 Å². The van der Waals surface area contributed by atoms with Crippen LogP contribution in [0.1, 0.15) is 0 Å². The third kappa shape index (κ3) is 2.24. The zero-order valence-corrected chi connectivity index (χ0v) is 10.5. The van der Waals surface area contributed by atoms with Gasteiger partial charge in [0.1, 0.15) is 0 Å². The molecule has 0 saturated carbocycles. The van der Waals surface area contributed by atoms with Crippen molar-refractivity contribution >= 4 is 37.2 Å². The topological polar surface area (TPSA) is 37.4 Å². The van der Waals surface area contributed by atoms with E-state index in [1.165, 1.54) is 0 Å². The fraction of sp³-hybridized carbons (Fsp3) is 0.333. The van der Waals surface area contributed by atoms with Crippen LogP contribution in [0.15, 0.2) is 28.0 Å². The normalized spacial score (nSPS) is 16.3. The highest BCUT2D eigenvalue weighted by molar-refractivity contribution is 8.13. The van der Waals surface area contributed by atoms with Gasteiger partial charge < -0.3 is 4.90 Å². The standard InChI is InChI=1S/C9H10ClNO2S2/c1-11-4-5-14-9-6-7(15(10,12)13)2-3-8(9)11/h2-3,6H,4-5H2,1H3. The van der Waals surface area contributed by atoms with Crippen LogP contribution in [0.3, 0.4) is 0 Å². The Morgan fingerprint density at radius 2 is 2.20 bits per heavy atom. The molecule has 0 aliphatic carbocycles. The summed E-state index contributed by atoms with van der Waals surface area (Å²) in [5.41, 5.74) is 1.07. The van der Waals surface area contributed by atoms with Crippen molar-refractivity contribution in [3.63, 3.8) is 0 Å². The van der Waals surface area contributed by atoms with Crippen molar-refractivity contribution in [2.24, 2.45) is 0 Å². The first-order valence-electron chi connectivity index (χ1n) is 4.41. The summed E-state index contributed by atoms with van der Waals surface area (Å²) < 4.78 is 22.3. The number of thioether (sulfide) groups is 1. The van der Waals surface area contributed by atoms with Gasteiger partial charge in [0.2, 0.25) is 0 Å². The van der Waals surface area contributed by atoms with Crippen LogP contribution in [0.5, 0.6) is 0 Å². The zero-order chi connectivity index (χ0) is 11.1. The van der Waals surface area contributed by atoms with Crippen LogP contribution in [-0.4, -0.2) is 27.8 Å². The molecular weight excluding hydrogens is 254 g/mol. The fourth-order valence-corrected chi connectivity index (χ4v) is 3.51. The lowest BCUT2D eigenvalue weighted by molar-refractivity contribution is 0.609. The molecule has 0 saturated heterocycles. The van der Waals surface area contributed by atoms with Crippen molar-refractivity contribution in [2.45, 2.75) is 9.79 Å².